The van der Waals surface area contributed by atoms with E-state index < -0.39 is 0 Å². The van der Waals surface area contributed by atoms with Crippen LogP contribution < -0.4 is 5.32 Å². The van der Waals surface area contributed by atoms with Gasteiger partial charge in [-0.05, 0) is 90.1 Å². The summed E-state index contributed by atoms with van der Waals surface area (Å²) in [4.78, 5) is 15.9. The van der Waals surface area contributed by atoms with Crippen molar-refractivity contribution < 1.29 is 0 Å². The molecule has 162 valence electrons. The van der Waals surface area contributed by atoms with E-state index in [4.69, 9.17) is 9.97 Å². The summed E-state index contributed by atoms with van der Waals surface area (Å²) in [5, 5.41) is 3.81. The van der Waals surface area contributed by atoms with Gasteiger partial charge in [-0.2, -0.15) is 0 Å². The first-order chi connectivity index (χ1) is 14.8. The molecule has 2 aliphatic carbocycles. The third-order valence-electron chi connectivity index (χ3n) is 7.35. The van der Waals surface area contributed by atoms with E-state index in [-0.39, 0.29) is 0 Å². The molecule has 1 aliphatic heterocycles. The molecule has 0 unspecified atom stereocenters. The van der Waals surface area contributed by atoms with Gasteiger partial charge in [-0.3, -0.25) is 0 Å². The van der Waals surface area contributed by atoms with Crippen molar-refractivity contribution in [3.8, 4) is 11.5 Å². The Bertz CT molecular complexity index is 826. The highest BCUT2D eigenvalue weighted by Crippen LogP contribution is 2.41. The first kappa shape index (κ1) is 20.2. The summed E-state index contributed by atoms with van der Waals surface area (Å²) in [5.74, 6) is 1.61. The van der Waals surface area contributed by atoms with Gasteiger partial charge in [0, 0.05) is 29.4 Å². The molecule has 3 aliphatic rings. The van der Waals surface area contributed by atoms with E-state index in [1.807, 2.05) is 0 Å². The maximum atomic E-state index is 4.89. The summed E-state index contributed by atoms with van der Waals surface area (Å²) in [5.41, 5.74) is 4.62. The van der Waals surface area contributed by atoms with Gasteiger partial charge in [0.25, 0.3) is 0 Å². The predicted octanol–water partition coefficient (Wildman–Crippen LogP) is 4.59. The fourth-order valence-corrected chi connectivity index (χ4v) is 5.41. The van der Waals surface area contributed by atoms with Crippen LogP contribution in [0.3, 0.4) is 0 Å². The molecule has 0 aromatic carbocycles. The molecule has 0 spiro atoms. The van der Waals surface area contributed by atoms with E-state index in [0.29, 0.717) is 12.0 Å². The Balaban J connectivity index is 1.07. The molecular formula is C25H37N5. The Morgan fingerprint density at radius 3 is 2.60 bits per heavy atom. The zero-order valence-corrected chi connectivity index (χ0v) is 18.5. The topological polar surface area (TPSA) is 56.8 Å². The number of pyridine rings is 1. The van der Waals surface area contributed by atoms with E-state index in [1.165, 1.54) is 81.5 Å². The van der Waals surface area contributed by atoms with Crippen molar-refractivity contribution in [3.63, 3.8) is 0 Å². The highest BCUT2D eigenvalue weighted by molar-refractivity contribution is 5.51. The van der Waals surface area contributed by atoms with Gasteiger partial charge in [0.2, 0.25) is 0 Å². The number of aromatic nitrogens is 3. The number of aryl methyl sites for hydroxylation is 2. The van der Waals surface area contributed by atoms with Crippen LogP contribution in [0.15, 0.2) is 18.2 Å². The summed E-state index contributed by atoms with van der Waals surface area (Å²) >= 11 is 0. The third kappa shape index (κ3) is 4.78. The monoisotopic (exact) mass is 407 g/mol. The van der Waals surface area contributed by atoms with E-state index >= 15 is 0 Å². The Labute approximate surface area is 181 Å². The molecule has 3 fully saturated rings. The molecule has 2 N–H and O–H groups in total. The van der Waals surface area contributed by atoms with Crippen molar-refractivity contribution in [3.05, 3.63) is 35.3 Å². The van der Waals surface area contributed by atoms with Crippen LogP contribution in [0.1, 0.15) is 80.8 Å². The zero-order valence-electron chi connectivity index (χ0n) is 18.5. The molecule has 2 aromatic rings. The van der Waals surface area contributed by atoms with Crippen molar-refractivity contribution in [2.24, 2.45) is 0 Å². The summed E-state index contributed by atoms with van der Waals surface area (Å²) in [6, 6.07) is 7.95. The van der Waals surface area contributed by atoms with Crippen molar-refractivity contribution in [2.75, 3.05) is 19.6 Å². The molecule has 3 heterocycles. The quantitative estimate of drug-likeness (QED) is 0.629. The molecule has 5 rings (SSSR count). The molecule has 2 saturated carbocycles. The van der Waals surface area contributed by atoms with E-state index in [0.717, 1.165) is 36.9 Å². The van der Waals surface area contributed by atoms with Crippen molar-refractivity contribution in [1.82, 2.24) is 25.2 Å². The lowest BCUT2D eigenvalue weighted by molar-refractivity contribution is 0.145. The second-order valence-corrected chi connectivity index (χ2v) is 9.69. The van der Waals surface area contributed by atoms with Gasteiger partial charge in [0.1, 0.15) is 5.69 Å². The summed E-state index contributed by atoms with van der Waals surface area (Å²) in [6.45, 7) is 5.80. The number of hydrogen-bond acceptors (Lipinski definition) is 4. The fourth-order valence-electron chi connectivity index (χ4n) is 5.41. The second kappa shape index (κ2) is 9.19. The van der Waals surface area contributed by atoms with Gasteiger partial charge in [-0.1, -0.05) is 18.9 Å². The molecule has 1 saturated heterocycles. The number of rotatable bonds is 8. The highest BCUT2D eigenvalue weighted by atomic mass is 15.2. The largest absolute Gasteiger partial charge is 0.341 e. The Morgan fingerprint density at radius 1 is 1.03 bits per heavy atom. The molecule has 2 aromatic heterocycles. The molecule has 0 bridgehead atoms. The van der Waals surface area contributed by atoms with Gasteiger partial charge in [-0.15, -0.1) is 0 Å². The minimum Gasteiger partial charge on any atom is -0.341 e. The zero-order chi connectivity index (χ0) is 20.3. The van der Waals surface area contributed by atoms with Crippen molar-refractivity contribution >= 4 is 0 Å². The molecule has 0 amide bonds. The van der Waals surface area contributed by atoms with Crippen LogP contribution in [-0.4, -0.2) is 51.6 Å². The van der Waals surface area contributed by atoms with Gasteiger partial charge in [-0.25, -0.2) is 9.97 Å². The second-order valence-electron chi connectivity index (χ2n) is 9.69. The van der Waals surface area contributed by atoms with Crippen LogP contribution >= 0.6 is 0 Å². The molecule has 30 heavy (non-hydrogen) atoms. The lowest BCUT2D eigenvalue weighted by Crippen LogP contribution is -2.46. The maximum Gasteiger partial charge on any atom is 0.156 e. The van der Waals surface area contributed by atoms with Crippen LogP contribution in [0.2, 0.25) is 0 Å². The van der Waals surface area contributed by atoms with E-state index in [1.54, 1.807) is 0 Å². The number of imidazole rings is 1. The first-order valence-electron chi connectivity index (χ1n) is 12.3. The molecular weight excluding hydrogens is 370 g/mol. The van der Waals surface area contributed by atoms with Gasteiger partial charge in [0.15, 0.2) is 5.82 Å². The fraction of sp³-hybridized carbons (Fsp3) is 0.680. The third-order valence-corrected chi connectivity index (χ3v) is 7.35. The maximum absolute atomic E-state index is 4.89. The number of hydrogen-bond donors (Lipinski definition) is 2. The summed E-state index contributed by atoms with van der Waals surface area (Å²) in [6.07, 6.45) is 13.1. The van der Waals surface area contributed by atoms with Crippen LogP contribution in [0.25, 0.3) is 11.5 Å². The molecule has 0 radical (unpaired) electrons. The lowest BCUT2D eigenvalue weighted by Gasteiger charge is -2.36. The summed E-state index contributed by atoms with van der Waals surface area (Å²) in [7, 11) is 0. The van der Waals surface area contributed by atoms with Crippen LogP contribution in [-0.2, 0) is 6.42 Å². The van der Waals surface area contributed by atoms with E-state index in [9.17, 15) is 0 Å². The first-order valence-corrected chi connectivity index (χ1v) is 12.3. The highest BCUT2D eigenvalue weighted by Gasteiger charge is 2.29. The van der Waals surface area contributed by atoms with Crippen molar-refractivity contribution in [1.29, 1.82) is 0 Å². The standard InChI is InChI=1S/C25H37N5/c1-18-24(19-11-12-19)29-25(27-18)23-10-4-6-21(28-23)7-5-15-26-20-13-16-30(17-14-20)22-8-2-3-9-22/h4,6,10,19-20,22,26H,2-3,5,7-9,11-17H2,1H3,(H,27,29). The number of likely N-dealkylation sites (tertiary alicyclic amines) is 1. The molecule has 5 nitrogen and oxygen atoms in total. The van der Waals surface area contributed by atoms with Gasteiger partial charge >= 0.3 is 0 Å². The molecule has 5 heteroatoms. The Hall–Kier alpha value is -1.72. The van der Waals surface area contributed by atoms with Crippen LogP contribution in [0.5, 0.6) is 0 Å². The average molecular weight is 408 g/mol. The molecule has 0 atom stereocenters. The number of piperidine rings is 1. The van der Waals surface area contributed by atoms with Crippen molar-refractivity contribution in [2.45, 2.75) is 89.1 Å². The van der Waals surface area contributed by atoms with Gasteiger partial charge in [0.05, 0.1) is 5.69 Å². The number of aromatic amines is 1. The van der Waals surface area contributed by atoms with Gasteiger partial charge < -0.3 is 15.2 Å². The average Bonchev–Trinajstić information content (AvgIpc) is 3.31. The lowest BCUT2D eigenvalue weighted by atomic mass is 10.0. The predicted molar refractivity (Wildman–Crippen MR) is 122 cm³/mol. The Morgan fingerprint density at radius 2 is 1.83 bits per heavy atom. The number of H-pyrrole nitrogens is 1. The van der Waals surface area contributed by atoms with Crippen LogP contribution in [0, 0.1) is 6.92 Å². The van der Waals surface area contributed by atoms with Crippen LogP contribution in [0.4, 0.5) is 0 Å². The number of nitrogens with zero attached hydrogens (tertiary/aromatic N) is 3. The minimum absolute atomic E-state index is 0.675. The Kier molecular flexibility index (Phi) is 6.19. The summed E-state index contributed by atoms with van der Waals surface area (Å²) < 4.78 is 0. The normalized spacial score (nSPS) is 21.5. The van der Waals surface area contributed by atoms with E-state index in [2.05, 4.69) is 40.3 Å². The smallest absolute Gasteiger partial charge is 0.156 e. The minimum atomic E-state index is 0.675. The SMILES string of the molecule is Cc1[nH]c(-c2cccc(CCCNC3CCN(C4CCCC4)CC3)n2)nc1C1CC1. The number of nitrogens with one attached hydrogen (secondary N) is 2.